The van der Waals surface area contributed by atoms with Gasteiger partial charge in [-0.05, 0) is 24.3 Å². The molecule has 0 radical (unpaired) electrons. The van der Waals surface area contributed by atoms with E-state index in [1.165, 1.54) is 6.21 Å². The fourth-order valence-electron chi connectivity index (χ4n) is 1.11. The highest BCUT2D eigenvalue weighted by Gasteiger charge is 1.98. The van der Waals surface area contributed by atoms with E-state index < -0.39 is 0 Å². The Balaban J connectivity index is 2.27. The fraction of sp³-hybridized carbons (Fsp3) is 0. The highest BCUT2D eigenvalue weighted by molar-refractivity contribution is 9.10. The van der Waals surface area contributed by atoms with Crippen molar-refractivity contribution in [3.8, 4) is 5.75 Å². The molecule has 0 aliphatic rings. The van der Waals surface area contributed by atoms with Crippen LogP contribution in [0, 0.1) is 0 Å². The summed E-state index contributed by atoms with van der Waals surface area (Å²) in [6.45, 7) is 0. The minimum absolute atomic E-state index is 0.169. The second-order valence-electron chi connectivity index (χ2n) is 3.01. The Morgan fingerprint density at radius 3 is 2.75 bits per heavy atom. The third kappa shape index (κ3) is 2.64. The molecule has 1 N–H and O–H groups in total. The van der Waals surface area contributed by atoms with Crippen LogP contribution in [0.2, 0.25) is 0 Å². The summed E-state index contributed by atoms with van der Waals surface area (Å²) < 4.78 is 0.876. The standard InChI is InChI=1S/C11H8BrN3O/c12-9-2-3-10(16)8(6-9)7-15-11-13-4-1-5-14-11/h1-7,16H/b15-7+. The molecule has 0 bridgehead atoms. The monoisotopic (exact) mass is 277 g/mol. The van der Waals surface area contributed by atoms with Gasteiger partial charge >= 0.3 is 0 Å². The van der Waals surface area contributed by atoms with Crippen LogP contribution < -0.4 is 0 Å². The molecule has 0 spiro atoms. The molecule has 16 heavy (non-hydrogen) atoms. The molecule has 80 valence electrons. The third-order valence-corrected chi connectivity index (χ3v) is 2.35. The number of phenols is 1. The highest BCUT2D eigenvalue weighted by atomic mass is 79.9. The van der Waals surface area contributed by atoms with Crippen molar-refractivity contribution in [1.82, 2.24) is 9.97 Å². The summed E-state index contributed by atoms with van der Waals surface area (Å²) in [7, 11) is 0. The molecule has 0 saturated carbocycles. The summed E-state index contributed by atoms with van der Waals surface area (Å²) in [5.74, 6) is 0.532. The molecule has 0 atom stereocenters. The molecule has 1 heterocycles. The van der Waals surface area contributed by atoms with Gasteiger partial charge in [0.25, 0.3) is 0 Å². The Bertz CT molecular complexity index is 514. The van der Waals surface area contributed by atoms with Gasteiger partial charge in [-0.2, -0.15) is 0 Å². The number of nitrogens with zero attached hydrogens (tertiary/aromatic N) is 3. The number of aromatic nitrogens is 2. The van der Waals surface area contributed by atoms with Crippen LogP contribution >= 0.6 is 15.9 Å². The minimum Gasteiger partial charge on any atom is -0.507 e. The Morgan fingerprint density at radius 1 is 1.25 bits per heavy atom. The molecule has 2 rings (SSSR count). The van der Waals surface area contributed by atoms with Gasteiger partial charge in [-0.1, -0.05) is 15.9 Å². The van der Waals surface area contributed by atoms with Crippen molar-refractivity contribution in [3.63, 3.8) is 0 Å². The average molecular weight is 278 g/mol. The average Bonchev–Trinajstić information content (AvgIpc) is 2.32. The number of aromatic hydroxyl groups is 1. The second-order valence-corrected chi connectivity index (χ2v) is 3.93. The Kier molecular flexibility index (Phi) is 3.26. The zero-order valence-corrected chi connectivity index (χ0v) is 9.79. The number of rotatable bonds is 2. The van der Waals surface area contributed by atoms with Crippen LogP contribution in [-0.2, 0) is 0 Å². The summed E-state index contributed by atoms with van der Waals surface area (Å²) in [5, 5.41) is 9.56. The van der Waals surface area contributed by atoms with Gasteiger partial charge in [0.1, 0.15) is 5.75 Å². The molecule has 4 nitrogen and oxygen atoms in total. The maximum absolute atomic E-state index is 9.56. The lowest BCUT2D eigenvalue weighted by Gasteiger charge is -1.98. The molecular weight excluding hydrogens is 270 g/mol. The van der Waals surface area contributed by atoms with Crippen LogP contribution in [0.5, 0.6) is 5.75 Å². The normalized spacial score (nSPS) is 10.8. The lowest BCUT2D eigenvalue weighted by molar-refractivity contribution is 0.474. The van der Waals surface area contributed by atoms with Gasteiger partial charge in [0.2, 0.25) is 5.95 Å². The van der Waals surface area contributed by atoms with Crippen LogP contribution in [0.25, 0.3) is 0 Å². The fourth-order valence-corrected chi connectivity index (χ4v) is 1.49. The van der Waals surface area contributed by atoms with E-state index >= 15 is 0 Å². The SMILES string of the molecule is Oc1ccc(Br)cc1/C=N/c1ncccn1. The molecule has 0 amide bonds. The zero-order chi connectivity index (χ0) is 11.4. The minimum atomic E-state index is 0.169. The summed E-state index contributed by atoms with van der Waals surface area (Å²) in [5.41, 5.74) is 0.613. The van der Waals surface area contributed by atoms with E-state index in [4.69, 9.17) is 0 Å². The molecule has 0 fully saturated rings. The number of halogens is 1. The van der Waals surface area contributed by atoms with Gasteiger partial charge in [0, 0.05) is 28.6 Å². The van der Waals surface area contributed by atoms with Gasteiger partial charge in [-0.25, -0.2) is 15.0 Å². The van der Waals surface area contributed by atoms with Crippen LogP contribution in [-0.4, -0.2) is 21.3 Å². The van der Waals surface area contributed by atoms with E-state index in [-0.39, 0.29) is 5.75 Å². The highest BCUT2D eigenvalue weighted by Crippen LogP contribution is 2.20. The first-order valence-corrected chi connectivity index (χ1v) is 5.34. The molecule has 1 aromatic heterocycles. The summed E-state index contributed by atoms with van der Waals surface area (Å²) in [4.78, 5) is 11.9. The van der Waals surface area contributed by atoms with Crippen molar-refractivity contribution in [2.45, 2.75) is 0 Å². The van der Waals surface area contributed by atoms with Crippen LogP contribution in [0.1, 0.15) is 5.56 Å². The number of phenolic OH excluding ortho intramolecular Hbond substituents is 1. The topological polar surface area (TPSA) is 58.4 Å². The smallest absolute Gasteiger partial charge is 0.249 e. The lowest BCUT2D eigenvalue weighted by Crippen LogP contribution is -1.84. The molecule has 5 heteroatoms. The third-order valence-electron chi connectivity index (χ3n) is 1.86. The predicted octanol–water partition coefficient (Wildman–Crippen LogP) is 2.70. The van der Waals surface area contributed by atoms with Crippen molar-refractivity contribution >= 4 is 28.1 Å². The van der Waals surface area contributed by atoms with Crippen LogP contribution in [0.4, 0.5) is 5.95 Å². The molecule has 0 aliphatic heterocycles. The summed E-state index contributed by atoms with van der Waals surface area (Å²) in [6.07, 6.45) is 4.75. The Morgan fingerprint density at radius 2 is 2.00 bits per heavy atom. The molecule has 2 aromatic rings. The van der Waals surface area contributed by atoms with Crippen molar-refractivity contribution in [2.75, 3.05) is 0 Å². The number of hydrogen-bond donors (Lipinski definition) is 1. The van der Waals surface area contributed by atoms with Gasteiger partial charge < -0.3 is 5.11 Å². The maximum atomic E-state index is 9.56. The molecule has 1 aromatic carbocycles. The molecule has 0 saturated heterocycles. The quantitative estimate of drug-likeness (QED) is 0.859. The summed E-state index contributed by atoms with van der Waals surface area (Å²) in [6, 6.07) is 6.83. The maximum Gasteiger partial charge on any atom is 0.249 e. The second kappa shape index (κ2) is 4.85. The molecule has 0 unspecified atom stereocenters. The van der Waals surface area contributed by atoms with Crippen molar-refractivity contribution in [1.29, 1.82) is 0 Å². The van der Waals surface area contributed by atoms with E-state index in [9.17, 15) is 5.11 Å². The van der Waals surface area contributed by atoms with Crippen molar-refractivity contribution in [3.05, 3.63) is 46.7 Å². The first kappa shape index (κ1) is 10.8. The van der Waals surface area contributed by atoms with Crippen LogP contribution in [0.3, 0.4) is 0 Å². The Hall–Kier alpha value is -1.75. The molecule has 0 aliphatic carbocycles. The van der Waals surface area contributed by atoms with E-state index in [1.807, 2.05) is 0 Å². The predicted molar refractivity (Wildman–Crippen MR) is 65.1 cm³/mol. The van der Waals surface area contributed by atoms with Gasteiger partial charge in [0.15, 0.2) is 0 Å². The lowest BCUT2D eigenvalue weighted by atomic mass is 10.2. The number of aliphatic imine (C=N–C) groups is 1. The molecular formula is C11H8BrN3O. The van der Waals surface area contributed by atoms with E-state index in [0.29, 0.717) is 11.5 Å². The largest absolute Gasteiger partial charge is 0.507 e. The van der Waals surface area contributed by atoms with Crippen molar-refractivity contribution in [2.24, 2.45) is 4.99 Å². The van der Waals surface area contributed by atoms with Crippen molar-refractivity contribution < 1.29 is 5.11 Å². The number of benzene rings is 1. The van der Waals surface area contributed by atoms with Gasteiger partial charge in [-0.3, -0.25) is 0 Å². The van der Waals surface area contributed by atoms with E-state index in [2.05, 4.69) is 30.9 Å². The summed E-state index contributed by atoms with van der Waals surface area (Å²) >= 11 is 3.32. The first-order valence-electron chi connectivity index (χ1n) is 4.55. The van der Waals surface area contributed by atoms with Crippen LogP contribution in [0.15, 0.2) is 46.1 Å². The van der Waals surface area contributed by atoms with E-state index in [1.54, 1.807) is 36.7 Å². The van der Waals surface area contributed by atoms with E-state index in [0.717, 1.165) is 4.47 Å². The van der Waals surface area contributed by atoms with Gasteiger partial charge in [0.05, 0.1) is 0 Å². The zero-order valence-electron chi connectivity index (χ0n) is 8.21. The van der Waals surface area contributed by atoms with Gasteiger partial charge in [-0.15, -0.1) is 0 Å². The number of hydrogen-bond acceptors (Lipinski definition) is 4. The first-order chi connectivity index (χ1) is 7.75. The Labute approximate surface area is 101 Å².